The third-order valence-electron chi connectivity index (χ3n) is 3.78. The van der Waals surface area contributed by atoms with Crippen molar-refractivity contribution in [2.24, 2.45) is 0 Å². The zero-order chi connectivity index (χ0) is 27.0. The van der Waals surface area contributed by atoms with Gasteiger partial charge in [-0.25, -0.2) is 14.6 Å². The molecule has 18 heteroatoms. The van der Waals surface area contributed by atoms with Crippen LogP contribution in [0.15, 0.2) is 18.3 Å². The van der Waals surface area contributed by atoms with Crippen LogP contribution >= 0.6 is 8.60 Å². The maximum absolute atomic E-state index is 12.5. The van der Waals surface area contributed by atoms with E-state index in [1.807, 2.05) is 0 Å². The Morgan fingerprint density at radius 2 is 1.86 bits per heavy atom. The second kappa shape index (κ2) is 22.1. The van der Waals surface area contributed by atoms with Gasteiger partial charge in [0.25, 0.3) is 6.47 Å². The van der Waals surface area contributed by atoms with Gasteiger partial charge >= 0.3 is 78.1 Å². The minimum atomic E-state index is -2.76. The van der Waals surface area contributed by atoms with Crippen molar-refractivity contribution < 1.29 is 109 Å². The molecule has 1 aromatic rings. The summed E-state index contributed by atoms with van der Waals surface area (Å²) >= 11 is 0. The molecule has 0 bridgehead atoms. The van der Waals surface area contributed by atoms with E-state index < -0.39 is 52.0 Å². The molecular formula is C19H29KN4O12P-. The molecule has 0 aromatic carbocycles. The number of carboxylic acids is 1. The molecule has 0 aliphatic rings. The van der Waals surface area contributed by atoms with Gasteiger partial charge in [0.15, 0.2) is 0 Å². The Labute approximate surface area is 257 Å². The van der Waals surface area contributed by atoms with Gasteiger partial charge < -0.3 is 42.2 Å². The van der Waals surface area contributed by atoms with E-state index in [1.54, 1.807) is 0 Å². The molecule has 0 saturated carbocycles. The zero-order valence-electron chi connectivity index (χ0n) is 20.8. The summed E-state index contributed by atoms with van der Waals surface area (Å²) in [7, 11) is 1.63. The van der Waals surface area contributed by atoms with Crippen LogP contribution in [0, 0.1) is 14.5 Å². The predicted molar refractivity (Wildman–Crippen MR) is 124 cm³/mol. The van der Waals surface area contributed by atoms with Crippen molar-refractivity contribution in [3.05, 3.63) is 38.4 Å². The van der Waals surface area contributed by atoms with Crippen LogP contribution in [0.4, 0.5) is 15.4 Å². The number of nitrogens with one attached hydrogen (secondary N) is 1. The van der Waals surface area contributed by atoms with Gasteiger partial charge in [-0.1, -0.05) is 6.07 Å². The number of rotatable bonds is 11. The molecule has 0 radical (unpaired) electrons. The number of nitrogens with zero attached hydrogens (tertiary/aromatic N) is 3. The average molecular weight is 576 g/mol. The SMILES string of the molecule is O=CO.[CH2-]OC(=O)N(C)c1ncccc1CN(CC(=O)NC(C)CC(=O)O)C(=O)OCOP(O)O.[CH3-].[K+]. The normalized spacial score (nSPS) is 10.2. The Bertz CT molecular complexity index is 864. The average Bonchev–Trinajstić information content (AvgIpc) is 2.77. The number of anilines is 1. The van der Waals surface area contributed by atoms with E-state index in [9.17, 15) is 19.2 Å². The van der Waals surface area contributed by atoms with Crippen LogP contribution in [0.2, 0.25) is 0 Å². The molecule has 1 unspecified atom stereocenters. The van der Waals surface area contributed by atoms with Gasteiger partial charge in [-0.15, -0.1) is 0 Å². The molecule has 1 rings (SSSR count). The Hall–Kier alpha value is -1.95. The van der Waals surface area contributed by atoms with Crippen LogP contribution in [0.25, 0.3) is 0 Å². The first-order valence-electron chi connectivity index (χ1n) is 9.41. The molecule has 37 heavy (non-hydrogen) atoms. The largest absolute Gasteiger partial charge is 1.00 e. The summed E-state index contributed by atoms with van der Waals surface area (Å²) in [5.74, 6) is -1.68. The van der Waals surface area contributed by atoms with Gasteiger partial charge in [0, 0.05) is 24.8 Å². The van der Waals surface area contributed by atoms with Gasteiger partial charge in [0.2, 0.25) is 12.7 Å². The smallest absolute Gasteiger partial charge is 0.624 e. The van der Waals surface area contributed by atoms with Crippen molar-refractivity contribution in [3.8, 4) is 0 Å². The molecule has 0 saturated heterocycles. The van der Waals surface area contributed by atoms with Crippen LogP contribution in [0.1, 0.15) is 18.9 Å². The van der Waals surface area contributed by atoms with Crippen molar-refractivity contribution in [1.29, 1.82) is 0 Å². The fourth-order valence-electron chi connectivity index (χ4n) is 2.45. The number of pyridine rings is 1. The summed E-state index contributed by atoms with van der Waals surface area (Å²) in [6.45, 7) is -0.372. The zero-order valence-corrected chi connectivity index (χ0v) is 24.8. The van der Waals surface area contributed by atoms with E-state index in [1.165, 1.54) is 32.3 Å². The summed E-state index contributed by atoms with van der Waals surface area (Å²) in [6.07, 6.45) is -0.814. The maximum atomic E-state index is 12.5. The van der Waals surface area contributed by atoms with Crippen molar-refractivity contribution in [1.82, 2.24) is 15.2 Å². The number of carboxylic acid groups (broad SMARTS) is 2. The molecule has 0 fully saturated rings. The maximum Gasteiger partial charge on any atom is 1.00 e. The van der Waals surface area contributed by atoms with Crippen molar-refractivity contribution in [2.75, 3.05) is 25.3 Å². The first-order valence-corrected chi connectivity index (χ1v) is 10.6. The Balaban J connectivity index is -0.00000220. The molecule has 1 aromatic heterocycles. The number of hydrogen-bond acceptors (Lipinski definition) is 11. The van der Waals surface area contributed by atoms with E-state index in [-0.39, 0.29) is 84.1 Å². The van der Waals surface area contributed by atoms with Crippen LogP contribution in [0.3, 0.4) is 0 Å². The monoisotopic (exact) mass is 575 g/mol. The van der Waals surface area contributed by atoms with Crippen molar-refractivity contribution in [2.45, 2.75) is 25.9 Å². The second-order valence-electron chi connectivity index (χ2n) is 6.39. The van der Waals surface area contributed by atoms with Gasteiger partial charge in [0.05, 0.1) is 13.0 Å². The van der Waals surface area contributed by atoms with E-state index in [0.29, 0.717) is 5.56 Å². The topological polar surface area (TPSA) is 225 Å². The fraction of sp³-hybridized carbons (Fsp3) is 0.368. The first kappa shape index (κ1) is 39.6. The van der Waals surface area contributed by atoms with Gasteiger partial charge in [-0.3, -0.25) is 28.7 Å². The summed E-state index contributed by atoms with van der Waals surface area (Å²) in [4.78, 5) is 79.2. The molecule has 1 atom stereocenters. The minimum Gasteiger partial charge on any atom is -0.624 e. The molecule has 5 N–H and O–H groups in total. The van der Waals surface area contributed by atoms with Crippen LogP contribution < -0.4 is 61.6 Å². The number of ether oxygens (including phenoxy) is 2. The minimum absolute atomic E-state index is 0. The summed E-state index contributed by atoms with van der Waals surface area (Å²) in [5.41, 5.74) is 0.330. The third-order valence-corrected chi connectivity index (χ3v) is 4.11. The number of carbonyl (C=O) groups excluding carboxylic acids is 3. The van der Waals surface area contributed by atoms with E-state index in [0.717, 1.165) is 9.80 Å². The fourth-order valence-corrected chi connectivity index (χ4v) is 2.60. The second-order valence-corrected chi connectivity index (χ2v) is 7.16. The van der Waals surface area contributed by atoms with Crippen LogP contribution in [0.5, 0.6) is 0 Å². The Morgan fingerprint density at radius 1 is 1.27 bits per heavy atom. The van der Waals surface area contributed by atoms with Gasteiger partial charge in [0.1, 0.15) is 12.4 Å². The van der Waals surface area contributed by atoms with Crippen molar-refractivity contribution >= 4 is 45.0 Å². The number of aliphatic carboxylic acids is 1. The first-order chi connectivity index (χ1) is 16.5. The van der Waals surface area contributed by atoms with Gasteiger partial charge in [-0.05, 0) is 13.0 Å². The molecule has 0 aliphatic carbocycles. The van der Waals surface area contributed by atoms with Crippen LogP contribution in [-0.4, -0.2) is 86.8 Å². The molecule has 3 amide bonds. The summed E-state index contributed by atoms with van der Waals surface area (Å²) < 4.78 is 13.6. The summed E-state index contributed by atoms with van der Waals surface area (Å²) in [5, 5.41) is 18.1. The third kappa shape index (κ3) is 17.2. The Kier molecular flexibility index (Phi) is 23.6. The number of hydrogen-bond donors (Lipinski definition) is 5. The number of amides is 3. The summed E-state index contributed by atoms with van der Waals surface area (Å²) in [6, 6.07) is 2.37. The quantitative estimate of drug-likeness (QED) is 0.0616. The van der Waals surface area contributed by atoms with Crippen molar-refractivity contribution in [3.63, 3.8) is 0 Å². The predicted octanol–water partition coefficient (Wildman–Crippen LogP) is -2.30. The molecular weight excluding hydrogens is 546 g/mol. The standard InChI is InChI=1S/C17H24N4O10P.CH2O2.CH3.K/c1-11(7-14(23)24)19-13(22)9-21(17(26)30-10-31-32(27)28)8-12-5-4-6-18-15(12)20(2)16(25)29-3;2-1-3;;/h4-6,11,27-28H,3,7-10H2,1-2H3,(H,19,22)(H,23,24);1H,(H,2,3);1H3;/q-1;;-1;+1. The molecule has 0 aliphatic heterocycles. The van der Waals surface area contributed by atoms with Crippen LogP contribution in [-0.2, 0) is 34.9 Å². The molecule has 16 nitrogen and oxygen atoms in total. The van der Waals surface area contributed by atoms with E-state index >= 15 is 0 Å². The molecule has 1 heterocycles. The number of carbonyl (C=O) groups is 5. The Morgan fingerprint density at radius 3 is 2.38 bits per heavy atom. The van der Waals surface area contributed by atoms with E-state index in [4.69, 9.17) is 29.5 Å². The molecule has 0 spiro atoms. The van der Waals surface area contributed by atoms with E-state index in [2.05, 4.69) is 26.7 Å². The van der Waals surface area contributed by atoms with Gasteiger partial charge in [-0.2, -0.15) is 7.11 Å². The molecule has 204 valence electrons. The number of aromatic nitrogens is 1.